The molecule has 0 aliphatic carbocycles. The molecule has 0 saturated carbocycles. The summed E-state index contributed by atoms with van der Waals surface area (Å²) in [6.07, 6.45) is 2.74. The Morgan fingerprint density at radius 1 is 0.741 bits per heavy atom. The Hall–Kier alpha value is -3.53. The van der Waals surface area contributed by atoms with Crippen LogP contribution in [0.4, 0.5) is 0 Å². The molecule has 1 heterocycles. The molecule has 0 aliphatic heterocycles. The van der Waals surface area contributed by atoms with Crippen LogP contribution in [0.3, 0.4) is 0 Å². The number of hydrogen-bond donors (Lipinski definition) is 0. The predicted molar refractivity (Wildman–Crippen MR) is 104 cm³/mol. The van der Waals surface area contributed by atoms with Crippen molar-refractivity contribution < 1.29 is 4.79 Å². The van der Waals surface area contributed by atoms with E-state index in [2.05, 4.69) is 46.5 Å². The van der Waals surface area contributed by atoms with E-state index >= 15 is 0 Å². The molecule has 0 bridgehead atoms. The summed E-state index contributed by atoms with van der Waals surface area (Å²) in [6.45, 7) is 0. The molecule has 4 aromatic rings. The summed E-state index contributed by atoms with van der Waals surface area (Å²) in [5.74, 6) is 0.511. The molecular formula is C23H19N3O. The second kappa shape index (κ2) is 7.38. The molecule has 4 nitrogen and oxygen atoms in total. The third-order valence-electron chi connectivity index (χ3n) is 4.72. The van der Waals surface area contributed by atoms with E-state index in [0.29, 0.717) is 5.82 Å². The van der Waals surface area contributed by atoms with Gasteiger partial charge in [0.2, 0.25) is 0 Å². The fourth-order valence-corrected chi connectivity index (χ4v) is 3.56. The first-order valence-electron chi connectivity index (χ1n) is 8.87. The highest BCUT2D eigenvalue weighted by Gasteiger charge is 2.39. The maximum absolute atomic E-state index is 11.0. The fraction of sp³-hybridized carbons (Fsp3) is 0.0870. The molecule has 0 N–H and O–H groups in total. The Balaban J connectivity index is 2.07. The quantitative estimate of drug-likeness (QED) is 0.391. The summed E-state index contributed by atoms with van der Waals surface area (Å²) >= 11 is 0. The minimum absolute atomic E-state index is 0.196. The Kier molecular flexibility index (Phi) is 4.62. The molecule has 27 heavy (non-hydrogen) atoms. The van der Waals surface area contributed by atoms with Crippen LogP contribution in [0.1, 0.15) is 22.5 Å². The molecule has 4 rings (SSSR count). The number of benzene rings is 3. The van der Waals surface area contributed by atoms with Crippen molar-refractivity contribution in [3.63, 3.8) is 0 Å². The van der Waals surface area contributed by atoms with Crippen LogP contribution < -0.4 is 0 Å². The highest BCUT2D eigenvalue weighted by Crippen LogP contribution is 2.39. The second-order valence-electron chi connectivity index (χ2n) is 6.28. The molecule has 3 aromatic carbocycles. The first-order valence-corrected chi connectivity index (χ1v) is 8.87. The van der Waals surface area contributed by atoms with Gasteiger partial charge in [0.05, 0.1) is 6.42 Å². The zero-order chi connectivity index (χ0) is 18.5. The molecule has 0 fully saturated rings. The van der Waals surface area contributed by atoms with Crippen molar-refractivity contribution in [2.75, 3.05) is 0 Å². The van der Waals surface area contributed by atoms with Gasteiger partial charge in [0, 0.05) is 0 Å². The number of aromatic nitrogens is 3. The van der Waals surface area contributed by atoms with Crippen molar-refractivity contribution >= 4 is 6.29 Å². The van der Waals surface area contributed by atoms with Crippen molar-refractivity contribution in [2.24, 2.45) is 0 Å². The number of rotatable bonds is 6. The van der Waals surface area contributed by atoms with Crippen molar-refractivity contribution in [1.29, 1.82) is 0 Å². The Bertz CT molecular complexity index is 915. The fourth-order valence-electron chi connectivity index (χ4n) is 3.56. The van der Waals surface area contributed by atoms with E-state index in [4.69, 9.17) is 0 Å². The van der Waals surface area contributed by atoms with Crippen LogP contribution in [-0.2, 0) is 16.8 Å². The minimum atomic E-state index is -0.683. The van der Waals surface area contributed by atoms with Crippen LogP contribution in [0.15, 0.2) is 97.3 Å². The maximum atomic E-state index is 11.0. The lowest BCUT2D eigenvalue weighted by atomic mass is 9.77. The first kappa shape index (κ1) is 16.9. The molecular weight excluding hydrogens is 334 g/mol. The average Bonchev–Trinajstić information content (AvgIpc) is 3.20. The normalized spacial score (nSPS) is 11.3. The van der Waals surface area contributed by atoms with Gasteiger partial charge >= 0.3 is 0 Å². The molecule has 0 unspecified atom stereocenters. The molecule has 0 spiro atoms. The topological polar surface area (TPSA) is 47.8 Å². The van der Waals surface area contributed by atoms with Crippen LogP contribution in [-0.4, -0.2) is 21.1 Å². The SMILES string of the molecule is O=CCc1ncn(C(c2ccccc2)(c2ccccc2)c2ccccc2)n1. The van der Waals surface area contributed by atoms with Gasteiger partial charge in [-0.1, -0.05) is 91.0 Å². The molecule has 0 amide bonds. The number of hydrogen-bond acceptors (Lipinski definition) is 3. The summed E-state index contributed by atoms with van der Waals surface area (Å²) in [5.41, 5.74) is 2.54. The number of nitrogens with zero attached hydrogens (tertiary/aromatic N) is 3. The lowest BCUT2D eigenvalue weighted by molar-refractivity contribution is -0.107. The summed E-state index contributed by atoms with van der Waals surface area (Å²) in [5, 5.41) is 4.68. The Labute approximate surface area is 158 Å². The van der Waals surface area contributed by atoms with Crippen LogP contribution in [0.25, 0.3) is 0 Å². The third-order valence-corrected chi connectivity index (χ3v) is 4.72. The monoisotopic (exact) mass is 353 g/mol. The van der Waals surface area contributed by atoms with Crippen LogP contribution in [0.2, 0.25) is 0 Å². The largest absolute Gasteiger partial charge is 0.303 e. The van der Waals surface area contributed by atoms with Crippen molar-refractivity contribution in [1.82, 2.24) is 14.8 Å². The lowest BCUT2D eigenvalue weighted by Gasteiger charge is -2.35. The van der Waals surface area contributed by atoms with E-state index in [9.17, 15) is 4.79 Å². The van der Waals surface area contributed by atoms with E-state index < -0.39 is 5.54 Å². The Morgan fingerprint density at radius 2 is 1.19 bits per heavy atom. The summed E-state index contributed by atoms with van der Waals surface area (Å²) in [6, 6.07) is 30.8. The van der Waals surface area contributed by atoms with Gasteiger partial charge < -0.3 is 4.79 Å². The molecule has 0 aliphatic rings. The smallest absolute Gasteiger partial charge is 0.157 e. The number of aldehydes is 1. The molecule has 4 heteroatoms. The Morgan fingerprint density at radius 3 is 1.59 bits per heavy atom. The third kappa shape index (κ3) is 2.95. The minimum Gasteiger partial charge on any atom is -0.303 e. The van der Waals surface area contributed by atoms with Gasteiger partial charge in [-0.15, -0.1) is 0 Å². The van der Waals surface area contributed by atoms with Gasteiger partial charge in [-0.05, 0) is 16.7 Å². The van der Waals surface area contributed by atoms with Crippen molar-refractivity contribution in [3.8, 4) is 0 Å². The molecule has 0 atom stereocenters. The van der Waals surface area contributed by atoms with E-state index in [1.54, 1.807) is 6.33 Å². The van der Waals surface area contributed by atoms with E-state index in [1.807, 2.05) is 59.3 Å². The lowest BCUT2D eigenvalue weighted by Crippen LogP contribution is -2.38. The molecule has 1 aromatic heterocycles. The van der Waals surface area contributed by atoms with Gasteiger partial charge in [-0.3, -0.25) is 0 Å². The molecule has 0 saturated heterocycles. The van der Waals surface area contributed by atoms with Crippen molar-refractivity contribution in [2.45, 2.75) is 12.0 Å². The van der Waals surface area contributed by atoms with Crippen molar-refractivity contribution in [3.05, 3.63) is 120 Å². The highest BCUT2D eigenvalue weighted by molar-refractivity contribution is 5.53. The van der Waals surface area contributed by atoms with E-state index in [1.165, 1.54) is 0 Å². The molecule has 0 radical (unpaired) electrons. The van der Waals surface area contributed by atoms with Gasteiger partial charge in [0.25, 0.3) is 0 Å². The van der Waals surface area contributed by atoms with Crippen LogP contribution >= 0.6 is 0 Å². The zero-order valence-electron chi connectivity index (χ0n) is 14.8. The average molecular weight is 353 g/mol. The number of carbonyl (C=O) groups excluding carboxylic acids is 1. The van der Waals surface area contributed by atoms with Crippen LogP contribution in [0, 0.1) is 0 Å². The zero-order valence-corrected chi connectivity index (χ0v) is 14.8. The standard InChI is InChI=1S/C23H19N3O/c27-17-16-22-24-18-26(25-22)23(19-10-4-1-5-11-19,20-12-6-2-7-13-20)21-14-8-3-9-15-21/h1-15,17-18H,16H2. The first-order chi connectivity index (χ1) is 13.4. The summed E-state index contributed by atoms with van der Waals surface area (Å²) in [7, 11) is 0. The predicted octanol–water partition coefficient (Wildman–Crippen LogP) is 3.86. The van der Waals surface area contributed by atoms with Gasteiger partial charge in [-0.25, -0.2) is 9.67 Å². The summed E-state index contributed by atoms with van der Waals surface area (Å²) < 4.78 is 1.87. The highest BCUT2D eigenvalue weighted by atomic mass is 16.1. The maximum Gasteiger partial charge on any atom is 0.157 e. The van der Waals surface area contributed by atoms with Gasteiger partial charge in [-0.2, -0.15) is 5.10 Å². The van der Waals surface area contributed by atoms with Crippen LogP contribution in [0.5, 0.6) is 0 Å². The van der Waals surface area contributed by atoms with Gasteiger partial charge in [0.1, 0.15) is 18.2 Å². The number of carbonyl (C=O) groups is 1. The van der Waals surface area contributed by atoms with E-state index in [0.717, 1.165) is 23.0 Å². The molecule has 132 valence electrons. The second-order valence-corrected chi connectivity index (χ2v) is 6.28. The van der Waals surface area contributed by atoms with Gasteiger partial charge in [0.15, 0.2) is 5.82 Å². The summed E-state index contributed by atoms with van der Waals surface area (Å²) in [4.78, 5) is 15.3. The van der Waals surface area contributed by atoms with E-state index in [-0.39, 0.29) is 6.42 Å².